The zero-order valence-corrected chi connectivity index (χ0v) is 18.4. The van der Waals surface area contributed by atoms with Gasteiger partial charge in [-0.05, 0) is 51.0 Å². The standard InChI is InChI=1S/C23H31FN4O3/c1-4-25-23(27-12-5-11-26-22(29)21-16(2)10-13-30-21)28-14-17(3)31-20(15-28)18-6-8-19(24)9-7-18/h6-10,13,17,20H,4-5,11-12,14-15H2,1-3H3,(H,25,27)(H,26,29). The molecule has 0 bridgehead atoms. The predicted molar refractivity (Wildman–Crippen MR) is 118 cm³/mol. The lowest BCUT2D eigenvalue weighted by molar-refractivity contribution is -0.0605. The number of nitrogens with zero attached hydrogens (tertiary/aromatic N) is 2. The smallest absolute Gasteiger partial charge is 0.287 e. The fourth-order valence-electron chi connectivity index (χ4n) is 3.56. The van der Waals surface area contributed by atoms with Gasteiger partial charge in [0.1, 0.15) is 11.9 Å². The molecule has 1 fully saturated rings. The number of furan rings is 1. The molecule has 1 aromatic heterocycles. The van der Waals surface area contributed by atoms with Gasteiger partial charge in [0, 0.05) is 31.7 Å². The monoisotopic (exact) mass is 430 g/mol. The van der Waals surface area contributed by atoms with Crippen LogP contribution in [0.25, 0.3) is 0 Å². The van der Waals surface area contributed by atoms with Crippen LogP contribution in [0.4, 0.5) is 4.39 Å². The first kappa shape index (κ1) is 22.8. The number of carbonyl (C=O) groups excluding carboxylic acids is 1. The number of hydrogen-bond acceptors (Lipinski definition) is 4. The topological polar surface area (TPSA) is 79.1 Å². The minimum atomic E-state index is -0.256. The van der Waals surface area contributed by atoms with Crippen molar-refractivity contribution in [2.75, 3.05) is 32.7 Å². The van der Waals surface area contributed by atoms with Crippen molar-refractivity contribution in [1.29, 1.82) is 0 Å². The number of morpholine rings is 1. The molecule has 0 spiro atoms. The maximum atomic E-state index is 13.3. The summed E-state index contributed by atoms with van der Waals surface area (Å²) in [5.41, 5.74) is 1.77. The number of aryl methyl sites for hydroxylation is 1. The fraction of sp³-hybridized carbons (Fsp3) is 0.478. The molecule has 3 rings (SSSR count). The highest BCUT2D eigenvalue weighted by molar-refractivity contribution is 5.92. The Morgan fingerprint density at radius 2 is 2.00 bits per heavy atom. The Balaban J connectivity index is 1.55. The van der Waals surface area contributed by atoms with E-state index in [1.54, 1.807) is 18.2 Å². The first-order valence-electron chi connectivity index (χ1n) is 10.7. The lowest BCUT2D eigenvalue weighted by atomic mass is 10.1. The van der Waals surface area contributed by atoms with Gasteiger partial charge in [-0.3, -0.25) is 9.79 Å². The third kappa shape index (κ3) is 6.30. The molecule has 1 saturated heterocycles. The molecule has 2 unspecified atom stereocenters. The SMILES string of the molecule is CCNC(=NCCCNC(=O)c1occc1C)N1CC(C)OC(c2ccc(F)cc2)C1. The average molecular weight is 431 g/mol. The van der Waals surface area contributed by atoms with E-state index in [2.05, 4.69) is 15.5 Å². The lowest BCUT2D eigenvalue weighted by Crippen LogP contribution is -2.50. The van der Waals surface area contributed by atoms with Gasteiger partial charge in [0.15, 0.2) is 11.7 Å². The zero-order valence-electron chi connectivity index (χ0n) is 18.4. The van der Waals surface area contributed by atoms with Crippen LogP contribution >= 0.6 is 0 Å². The third-order valence-electron chi connectivity index (χ3n) is 5.09. The van der Waals surface area contributed by atoms with Crippen molar-refractivity contribution >= 4 is 11.9 Å². The third-order valence-corrected chi connectivity index (χ3v) is 5.09. The van der Waals surface area contributed by atoms with Crippen molar-refractivity contribution in [3.8, 4) is 0 Å². The highest BCUT2D eigenvalue weighted by Crippen LogP contribution is 2.25. The van der Waals surface area contributed by atoms with Crippen LogP contribution in [0.15, 0.2) is 46.0 Å². The van der Waals surface area contributed by atoms with E-state index in [4.69, 9.17) is 14.1 Å². The molecule has 0 saturated carbocycles. The summed E-state index contributed by atoms with van der Waals surface area (Å²) < 4.78 is 24.6. The quantitative estimate of drug-likeness (QED) is 0.400. The van der Waals surface area contributed by atoms with Crippen molar-refractivity contribution in [3.05, 3.63) is 59.3 Å². The average Bonchev–Trinajstić information content (AvgIpc) is 3.18. The van der Waals surface area contributed by atoms with Gasteiger partial charge < -0.3 is 24.7 Å². The highest BCUT2D eigenvalue weighted by atomic mass is 19.1. The second kappa shape index (κ2) is 10.9. The van der Waals surface area contributed by atoms with Crippen LogP contribution in [0.1, 0.15) is 48.1 Å². The molecule has 0 aliphatic carbocycles. The number of aliphatic imine (C=N–C) groups is 1. The maximum absolute atomic E-state index is 13.3. The number of nitrogens with one attached hydrogen (secondary N) is 2. The number of hydrogen-bond donors (Lipinski definition) is 2. The summed E-state index contributed by atoms with van der Waals surface area (Å²) in [5.74, 6) is 0.708. The van der Waals surface area contributed by atoms with Gasteiger partial charge in [-0.25, -0.2) is 4.39 Å². The summed E-state index contributed by atoms with van der Waals surface area (Å²) in [6.45, 7) is 9.09. The van der Waals surface area contributed by atoms with E-state index in [-0.39, 0.29) is 23.9 Å². The van der Waals surface area contributed by atoms with Gasteiger partial charge in [-0.15, -0.1) is 0 Å². The van der Waals surface area contributed by atoms with Crippen LogP contribution in [-0.2, 0) is 4.74 Å². The first-order valence-corrected chi connectivity index (χ1v) is 10.7. The van der Waals surface area contributed by atoms with Gasteiger partial charge in [-0.1, -0.05) is 12.1 Å². The summed E-state index contributed by atoms with van der Waals surface area (Å²) >= 11 is 0. The lowest BCUT2D eigenvalue weighted by Gasteiger charge is -2.38. The Labute approximate surface area is 182 Å². The number of rotatable bonds is 7. The number of carbonyl (C=O) groups is 1. The molecule has 8 heteroatoms. The van der Waals surface area contributed by atoms with Crippen molar-refractivity contribution in [3.63, 3.8) is 0 Å². The summed E-state index contributed by atoms with van der Waals surface area (Å²) in [6.07, 6.45) is 2.09. The Kier molecular flexibility index (Phi) is 8.06. The Morgan fingerprint density at radius 1 is 1.23 bits per heavy atom. The van der Waals surface area contributed by atoms with E-state index >= 15 is 0 Å². The van der Waals surface area contributed by atoms with Gasteiger partial charge in [0.05, 0.1) is 18.9 Å². The van der Waals surface area contributed by atoms with Crippen LogP contribution in [0, 0.1) is 12.7 Å². The molecule has 2 atom stereocenters. The van der Waals surface area contributed by atoms with Crippen molar-refractivity contribution in [2.24, 2.45) is 4.99 Å². The fourth-order valence-corrected chi connectivity index (χ4v) is 3.56. The normalized spacial score (nSPS) is 19.4. The van der Waals surface area contributed by atoms with E-state index in [1.165, 1.54) is 18.4 Å². The van der Waals surface area contributed by atoms with Crippen molar-refractivity contribution in [2.45, 2.75) is 39.4 Å². The maximum Gasteiger partial charge on any atom is 0.287 e. The van der Waals surface area contributed by atoms with Crippen molar-refractivity contribution < 1.29 is 18.3 Å². The number of benzene rings is 1. The van der Waals surface area contributed by atoms with E-state index in [0.717, 1.165) is 30.2 Å². The van der Waals surface area contributed by atoms with Crippen LogP contribution in [0.3, 0.4) is 0 Å². The molecule has 7 nitrogen and oxygen atoms in total. The van der Waals surface area contributed by atoms with E-state index < -0.39 is 0 Å². The van der Waals surface area contributed by atoms with Gasteiger partial charge in [-0.2, -0.15) is 0 Å². The Hall–Kier alpha value is -2.87. The molecule has 1 aliphatic rings. The summed E-state index contributed by atoms with van der Waals surface area (Å²) in [6, 6.07) is 8.22. The van der Waals surface area contributed by atoms with Gasteiger partial charge in [0.25, 0.3) is 5.91 Å². The molecule has 2 aromatic rings. The first-order chi connectivity index (χ1) is 15.0. The Bertz CT molecular complexity index is 881. The zero-order chi connectivity index (χ0) is 22.2. The molecule has 1 amide bonds. The molecule has 168 valence electrons. The number of halogens is 1. The largest absolute Gasteiger partial charge is 0.459 e. The van der Waals surface area contributed by atoms with Crippen LogP contribution in [-0.4, -0.2) is 55.6 Å². The number of amides is 1. The molecule has 1 aromatic carbocycles. The predicted octanol–water partition coefficient (Wildman–Crippen LogP) is 3.27. The second-order valence-corrected chi connectivity index (χ2v) is 7.67. The molecule has 2 N–H and O–H groups in total. The minimum Gasteiger partial charge on any atom is -0.459 e. The number of guanidine groups is 1. The number of ether oxygens (including phenoxy) is 1. The summed E-state index contributed by atoms with van der Waals surface area (Å²) in [4.78, 5) is 19.0. The van der Waals surface area contributed by atoms with E-state index in [9.17, 15) is 9.18 Å². The minimum absolute atomic E-state index is 0.0171. The molecule has 0 radical (unpaired) electrons. The van der Waals surface area contributed by atoms with Crippen LogP contribution in [0.2, 0.25) is 0 Å². The van der Waals surface area contributed by atoms with Crippen LogP contribution < -0.4 is 10.6 Å². The molecule has 31 heavy (non-hydrogen) atoms. The van der Waals surface area contributed by atoms with E-state index in [0.29, 0.717) is 31.8 Å². The van der Waals surface area contributed by atoms with Gasteiger partial charge >= 0.3 is 0 Å². The summed E-state index contributed by atoms with van der Waals surface area (Å²) in [5, 5.41) is 6.21. The van der Waals surface area contributed by atoms with Gasteiger partial charge in [0.2, 0.25) is 0 Å². The molecule has 1 aliphatic heterocycles. The van der Waals surface area contributed by atoms with Crippen LogP contribution in [0.5, 0.6) is 0 Å². The molecular weight excluding hydrogens is 399 g/mol. The summed E-state index contributed by atoms with van der Waals surface area (Å²) in [7, 11) is 0. The highest BCUT2D eigenvalue weighted by Gasteiger charge is 2.28. The Morgan fingerprint density at radius 3 is 2.68 bits per heavy atom. The molecule has 2 heterocycles. The second-order valence-electron chi connectivity index (χ2n) is 7.67. The van der Waals surface area contributed by atoms with Crippen molar-refractivity contribution in [1.82, 2.24) is 15.5 Å². The van der Waals surface area contributed by atoms with E-state index in [1.807, 2.05) is 20.8 Å². The molecular formula is C23H31FN4O3.